The summed E-state index contributed by atoms with van der Waals surface area (Å²) in [6, 6.07) is 11.6. The average molecular weight is 422 g/mol. The molecule has 3 N–H and O–H groups in total. The molecule has 0 bridgehead atoms. The van der Waals surface area contributed by atoms with Crippen molar-refractivity contribution in [2.75, 3.05) is 4.72 Å². The van der Waals surface area contributed by atoms with Gasteiger partial charge in [0.1, 0.15) is 0 Å². The Kier molecular flexibility index (Phi) is 5.50. The number of benzene rings is 2. The van der Waals surface area contributed by atoms with Gasteiger partial charge in [-0.15, -0.1) is 11.3 Å². The largest absolute Gasteiger partial charge is 0.366 e. The molecule has 1 amide bonds. The zero-order valence-corrected chi connectivity index (χ0v) is 16.7. The molecule has 0 spiro atoms. The molecule has 0 aliphatic rings. The Morgan fingerprint density at radius 1 is 1.26 bits per heavy atom. The van der Waals surface area contributed by atoms with Crippen molar-refractivity contribution < 1.29 is 13.2 Å². The summed E-state index contributed by atoms with van der Waals surface area (Å²) in [4.78, 5) is 15.7. The Bertz CT molecular complexity index is 1110. The van der Waals surface area contributed by atoms with Crippen LogP contribution in [0.1, 0.15) is 27.2 Å². The molecule has 1 heterocycles. The van der Waals surface area contributed by atoms with E-state index >= 15 is 0 Å². The van der Waals surface area contributed by atoms with Crippen LogP contribution in [0.2, 0.25) is 5.02 Å². The maximum Gasteiger partial charge on any atom is 0.263 e. The number of carbonyl (C=O) groups is 1. The van der Waals surface area contributed by atoms with Gasteiger partial charge in [-0.2, -0.15) is 0 Å². The van der Waals surface area contributed by atoms with Crippen LogP contribution in [-0.4, -0.2) is 19.3 Å². The molecule has 2 aromatic carbocycles. The van der Waals surface area contributed by atoms with Crippen molar-refractivity contribution in [2.24, 2.45) is 5.73 Å². The van der Waals surface area contributed by atoms with Crippen molar-refractivity contribution in [1.29, 1.82) is 0 Å². The predicted molar refractivity (Wildman–Crippen MR) is 107 cm³/mol. The highest BCUT2D eigenvalue weighted by molar-refractivity contribution is 7.93. The molecule has 3 aromatic rings. The summed E-state index contributed by atoms with van der Waals surface area (Å²) in [5.74, 6) is -0.500. The molecule has 0 saturated heterocycles. The van der Waals surface area contributed by atoms with E-state index in [1.54, 1.807) is 42.6 Å². The number of nitrogens with one attached hydrogen (secondary N) is 1. The van der Waals surface area contributed by atoms with E-state index in [-0.39, 0.29) is 10.0 Å². The van der Waals surface area contributed by atoms with Crippen molar-refractivity contribution in [1.82, 2.24) is 4.98 Å². The summed E-state index contributed by atoms with van der Waals surface area (Å²) < 4.78 is 27.7. The van der Waals surface area contributed by atoms with Gasteiger partial charge in [-0.05, 0) is 42.3 Å². The topological polar surface area (TPSA) is 102 Å². The number of amides is 1. The van der Waals surface area contributed by atoms with Gasteiger partial charge in [0.2, 0.25) is 5.91 Å². The molecule has 3 rings (SSSR count). The lowest BCUT2D eigenvalue weighted by molar-refractivity contribution is 0.1000. The summed E-state index contributed by atoms with van der Waals surface area (Å²) >= 11 is 7.20. The fourth-order valence-corrected chi connectivity index (χ4v) is 4.99. The lowest BCUT2D eigenvalue weighted by atomic mass is 10.1. The van der Waals surface area contributed by atoms with Crippen LogP contribution < -0.4 is 10.5 Å². The first-order valence-corrected chi connectivity index (χ1v) is 10.6. The lowest BCUT2D eigenvalue weighted by Crippen LogP contribution is -2.14. The van der Waals surface area contributed by atoms with Crippen LogP contribution in [0.25, 0.3) is 0 Å². The highest BCUT2D eigenvalue weighted by Gasteiger charge is 2.19. The molecule has 27 heavy (non-hydrogen) atoms. The number of carbonyl (C=O) groups excluding carboxylic acids is 1. The first kappa shape index (κ1) is 19.3. The number of nitrogens with zero attached hydrogens (tertiary/aromatic N) is 1. The van der Waals surface area contributed by atoms with Crippen LogP contribution >= 0.6 is 22.9 Å². The second-order valence-corrected chi connectivity index (χ2v) is 8.77. The second kappa shape index (κ2) is 7.67. The lowest BCUT2D eigenvalue weighted by Gasteiger charge is -2.09. The van der Waals surface area contributed by atoms with Gasteiger partial charge in [-0.3, -0.25) is 9.52 Å². The van der Waals surface area contributed by atoms with Gasteiger partial charge >= 0.3 is 0 Å². The van der Waals surface area contributed by atoms with E-state index in [2.05, 4.69) is 9.71 Å². The molecule has 140 valence electrons. The monoisotopic (exact) mass is 421 g/mol. The van der Waals surface area contributed by atoms with Gasteiger partial charge in [0.15, 0.2) is 5.13 Å². The number of halogens is 1. The van der Waals surface area contributed by atoms with Crippen LogP contribution in [0, 0.1) is 6.92 Å². The van der Waals surface area contributed by atoms with Crippen LogP contribution in [-0.2, 0) is 16.4 Å². The van der Waals surface area contributed by atoms with Crippen molar-refractivity contribution >= 4 is 44.0 Å². The number of aromatic nitrogens is 1. The number of nitrogens with two attached hydrogens (primary N) is 1. The minimum Gasteiger partial charge on any atom is -0.366 e. The number of primary amides is 1. The Balaban J connectivity index is 1.79. The highest BCUT2D eigenvalue weighted by atomic mass is 35.5. The Morgan fingerprint density at radius 2 is 2.00 bits per heavy atom. The molecule has 0 saturated carbocycles. The molecule has 6 nitrogen and oxygen atoms in total. The van der Waals surface area contributed by atoms with Gasteiger partial charge in [0.05, 0.1) is 10.6 Å². The van der Waals surface area contributed by atoms with Gasteiger partial charge in [0.25, 0.3) is 10.0 Å². The smallest absolute Gasteiger partial charge is 0.263 e. The summed E-state index contributed by atoms with van der Waals surface area (Å²) in [6.07, 6.45) is 0.454. The van der Waals surface area contributed by atoms with Gasteiger partial charge < -0.3 is 5.73 Å². The van der Waals surface area contributed by atoms with E-state index in [1.165, 1.54) is 17.4 Å². The van der Waals surface area contributed by atoms with Gasteiger partial charge in [-0.25, -0.2) is 13.4 Å². The standard InChI is InChI=1S/C18H16ClN3O3S2/c1-11-15(19)6-3-7-16(11)27(24,25)22-18-21-14(10-26-18)9-12-4-2-5-13(8-12)17(20)23/h2-8,10H,9H2,1H3,(H2,20,23)(H,21,22). The predicted octanol–water partition coefficient (Wildman–Crippen LogP) is 3.60. The zero-order chi connectivity index (χ0) is 19.6. The zero-order valence-electron chi connectivity index (χ0n) is 14.3. The number of hydrogen-bond acceptors (Lipinski definition) is 5. The van der Waals surface area contributed by atoms with E-state index in [1.807, 2.05) is 6.07 Å². The Hall–Kier alpha value is -2.42. The minimum atomic E-state index is -3.79. The van der Waals surface area contributed by atoms with E-state index < -0.39 is 15.9 Å². The summed E-state index contributed by atoms with van der Waals surface area (Å²) in [5, 5.41) is 2.40. The summed E-state index contributed by atoms with van der Waals surface area (Å²) in [6.45, 7) is 1.65. The first-order valence-electron chi connectivity index (χ1n) is 7.87. The van der Waals surface area contributed by atoms with Gasteiger partial charge in [0, 0.05) is 22.4 Å². The van der Waals surface area contributed by atoms with Crippen LogP contribution in [0.5, 0.6) is 0 Å². The van der Waals surface area contributed by atoms with Crippen LogP contribution in [0.4, 0.5) is 5.13 Å². The SMILES string of the molecule is Cc1c(Cl)cccc1S(=O)(=O)Nc1nc(Cc2cccc(C(N)=O)c2)cs1. The number of sulfonamides is 1. The Labute approximate surface area is 166 Å². The molecule has 0 radical (unpaired) electrons. The van der Waals surface area contributed by atoms with Gasteiger partial charge in [-0.1, -0.05) is 29.8 Å². The highest BCUT2D eigenvalue weighted by Crippen LogP contribution is 2.26. The third-order valence-electron chi connectivity index (χ3n) is 3.88. The molecule has 0 unspecified atom stereocenters. The van der Waals surface area contributed by atoms with Crippen molar-refractivity contribution in [3.63, 3.8) is 0 Å². The molecule has 0 aliphatic carbocycles. The van der Waals surface area contributed by atoms with Crippen molar-refractivity contribution in [2.45, 2.75) is 18.2 Å². The van der Waals surface area contributed by atoms with E-state index in [0.29, 0.717) is 28.3 Å². The minimum absolute atomic E-state index is 0.112. The third kappa shape index (κ3) is 4.47. The first-order chi connectivity index (χ1) is 12.8. The number of hydrogen-bond donors (Lipinski definition) is 2. The van der Waals surface area contributed by atoms with E-state index in [4.69, 9.17) is 17.3 Å². The quantitative estimate of drug-likeness (QED) is 0.634. The van der Waals surface area contributed by atoms with Crippen LogP contribution in [0.15, 0.2) is 52.7 Å². The number of thiazole rings is 1. The molecular weight excluding hydrogens is 406 g/mol. The Morgan fingerprint density at radius 3 is 2.74 bits per heavy atom. The third-order valence-corrected chi connectivity index (χ3v) is 6.71. The fourth-order valence-electron chi connectivity index (χ4n) is 2.53. The maximum atomic E-state index is 12.6. The maximum absolute atomic E-state index is 12.6. The molecular formula is C18H16ClN3O3S2. The average Bonchev–Trinajstić information content (AvgIpc) is 3.03. The van der Waals surface area contributed by atoms with E-state index in [0.717, 1.165) is 5.56 Å². The van der Waals surface area contributed by atoms with E-state index in [9.17, 15) is 13.2 Å². The summed E-state index contributed by atoms with van der Waals surface area (Å²) in [5.41, 5.74) is 7.72. The fraction of sp³-hybridized carbons (Fsp3) is 0.111. The number of anilines is 1. The van der Waals surface area contributed by atoms with Crippen molar-refractivity contribution in [3.8, 4) is 0 Å². The molecule has 0 fully saturated rings. The molecule has 0 atom stereocenters. The molecule has 1 aromatic heterocycles. The second-order valence-electron chi connectivity index (χ2n) is 5.85. The van der Waals surface area contributed by atoms with Crippen molar-refractivity contribution in [3.05, 3.63) is 75.3 Å². The normalized spacial score (nSPS) is 11.3. The summed E-state index contributed by atoms with van der Waals surface area (Å²) in [7, 11) is -3.79. The molecule has 0 aliphatic heterocycles. The molecule has 9 heteroatoms. The van der Waals surface area contributed by atoms with Crippen LogP contribution in [0.3, 0.4) is 0 Å². The number of rotatable bonds is 6.